The molecule has 8 heteroatoms. The van der Waals surface area contributed by atoms with E-state index < -0.39 is 39.4 Å². The van der Waals surface area contributed by atoms with E-state index in [0.717, 1.165) is 16.8 Å². The molecule has 3 aliphatic rings. The van der Waals surface area contributed by atoms with E-state index in [1.165, 1.54) is 16.7 Å². The third-order valence-corrected chi connectivity index (χ3v) is 9.67. The predicted octanol–water partition coefficient (Wildman–Crippen LogP) is 2.77. The molecule has 0 radical (unpaired) electrons. The number of hydrogen-bond donors (Lipinski definition) is 2. The number of benzene rings is 1. The van der Waals surface area contributed by atoms with E-state index in [4.69, 9.17) is 0 Å². The number of aliphatic carboxylic acids is 1. The summed E-state index contributed by atoms with van der Waals surface area (Å²) in [5, 5.41) is 20.0. The SMILES string of the molecule is C=CCN(C(=O)C1N([C@H](C)CO)C(=O)[C@@H]2[C@H](C(=O)O)[C@]3(C)CCC12S3)c1cc(C)ccc1C. The van der Waals surface area contributed by atoms with Crippen LogP contribution in [0.3, 0.4) is 0 Å². The minimum atomic E-state index is -0.993. The fourth-order valence-corrected chi connectivity index (χ4v) is 8.51. The minimum Gasteiger partial charge on any atom is -0.481 e. The van der Waals surface area contributed by atoms with Gasteiger partial charge >= 0.3 is 5.97 Å². The molecule has 0 aliphatic carbocycles. The first-order valence-corrected chi connectivity index (χ1v) is 12.2. The fraction of sp³-hybridized carbons (Fsp3) is 0.560. The summed E-state index contributed by atoms with van der Waals surface area (Å²) in [4.78, 5) is 43.5. The number of rotatable bonds is 7. The smallest absolute Gasteiger partial charge is 0.308 e. The lowest BCUT2D eigenvalue weighted by Crippen LogP contribution is -2.57. The van der Waals surface area contributed by atoms with Crippen molar-refractivity contribution in [2.75, 3.05) is 18.1 Å². The highest BCUT2D eigenvalue weighted by Gasteiger charge is 2.77. The summed E-state index contributed by atoms with van der Waals surface area (Å²) in [6, 6.07) is 4.44. The number of fused-ring (bicyclic) bond motifs is 1. The Hall–Kier alpha value is -2.32. The van der Waals surface area contributed by atoms with Gasteiger partial charge in [0.05, 0.1) is 29.2 Å². The second-order valence-electron chi connectivity index (χ2n) is 9.87. The second kappa shape index (κ2) is 8.17. The third kappa shape index (κ3) is 3.33. The molecule has 33 heavy (non-hydrogen) atoms. The molecular weight excluding hydrogens is 440 g/mol. The number of amides is 2. The Morgan fingerprint density at radius 3 is 2.67 bits per heavy atom. The van der Waals surface area contributed by atoms with Gasteiger partial charge in [-0.1, -0.05) is 18.2 Å². The topological polar surface area (TPSA) is 98.2 Å². The highest BCUT2D eigenvalue weighted by atomic mass is 32.2. The van der Waals surface area contributed by atoms with Gasteiger partial charge in [0.2, 0.25) is 5.91 Å². The molecule has 3 aliphatic heterocycles. The average Bonchev–Trinajstić information content (AvgIpc) is 3.33. The molecule has 0 saturated carbocycles. The van der Waals surface area contributed by atoms with Crippen LogP contribution in [0.5, 0.6) is 0 Å². The Balaban J connectivity index is 1.86. The molecule has 2 N–H and O–H groups in total. The molecular formula is C25H32N2O5S. The summed E-state index contributed by atoms with van der Waals surface area (Å²) in [7, 11) is 0. The van der Waals surface area contributed by atoms with Gasteiger partial charge in [-0.15, -0.1) is 18.3 Å². The number of aryl methyl sites for hydroxylation is 2. The van der Waals surface area contributed by atoms with Crippen LogP contribution in [0.15, 0.2) is 30.9 Å². The van der Waals surface area contributed by atoms with E-state index in [0.29, 0.717) is 12.8 Å². The molecule has 4 rings (SSSR count). The van der Waals surface area contributed by atoms with Crippen molar-refractivity contribution in [3.05, 3.63) is 42.0 Å². The molecule has 3 saturated heterocycles. The second-order valence-corrected chi connectivity index (χ2v) is 11.8. The van der Waals surface area contributed by atoms with E-state index in [9.17, 15) is 24.6 Å². The zero-order valence-electron chi connectivity index (χ0n) is 19.6. The molecule has 3 heterocycles. The molecule has 1 aromatic carbocycles. The number of thioether (sulfide) groups is 1. The largest absolute Gasteiger partial charge is 0.481 e. The lowest BCUT2D eigenvalue weighted by molar-refractivity contribution is -0.150. The number of aliphatic hydroxyl groups excluding tert-OH is 1. The van der Waals surface area contributed by atoms with Crippen LogP contribution in [-0.4, -0.2) is 67.6 Å². The van der Waals surface area contributed by atoms with Gasteiger partial charge in [-0.2, -0.15) is 0 Å². The number of hydrogen-bond acceptors (Lipinski definition) is 5. The summed E-state index contributed by atoms with van der Waals surface area (Å²) < 4.78 is -1.42. The minimum absolute atomic E-state index is 0.248. The van der Waals surface area contributed by atoms with Crippen molar-refractivity contribution >= 4 is 35.2 Å². The highest BCUT2D eigenvalue weighted by Crippen LogP contribution is 2.71. The van der Waals surface area contributed by atoms with Gasteiger partial charge < -0.3 is 20.0 Å². The van der Waals surface area contributed by atoms with Crippen LogP contribution >= 0.6 is 11.8 Å². The van der Waals surface area contributed by atoms with E-state index >= 15 is 0 Å². The highest BCUT2D eigenvalue weighted by molar-refractivity contribution is 8.02. The normalized spacial score (nSPS) is 33.2. The standard InChI is InChI=1S/C25H32N2O5S/c1-6-11-26(17-12-14(2)7-8-15(17)3)22(30)20-25-10-9-24(5,33-25)19(23(31)32)18(25)21(29)27(20)16(4)13-28/h6-8,12,16,18-20,28H,1,9-11,13H2,2-5H3,(H,31,32)/t16-,18+,19-,20?,24+,25?/m1/s1. The van der Waals surface area contributed by atoms with Gasteiger partial charge in [0, 0.05) is 17.0 Å². The van der Waals surface area contributed by atoms with Crippen molar-refractivity contribution in [2.45, 2.75) is 62.1 Å². The van der Waals surface area contributed by atoms with Crippen LogP contribution in [0.2, 0.25) is 0 Å². The lowest BCUT2D eigenvalue weighted by atomic mass is 9.66. The van der Waals surface area contributed by atoms with Gasteiger partial charge in [-0.3, -0.25) is 14.4 Å². The van der Waals surface area contributed by atoms with Crippen molar-refractivity contribution < 1.29 is 24.6 Å². The zero-order valence-corrected chi connectivity index (χ0v) is 20.4. The van der Waals surface area contributed by atoms with E-state index in [2.05, 4.69) is 6.58 Å². The quantitative estimate of drug-likeness (QED) is 0.592. The number of carbonyl (C=O) groups is 3. The monoisotopic (exact) mass is 472 g/mol. The molecule has 0 aromatic heterocycles. The van der Waals surface area contributed by atoms with Crippen LogP contribution in [0, 0.1) is 25.7 Å². The van der Waals surface area contributed by atoms with Gasteiger partial charge in [-0.25, -0.2) is 0 Å². The third-order valence-electron chi connectivity index (χ3n) is 7.69. The number of aliphatic hydroxyl groups is 1. The lowest BCUT2D eigenvalue weighted by Gasteiger charge is -2.39. The molecule has 2 amide bonds. The van der Waals surface area contributed by atoms with Crippen molar-refractivity contribution in [3.63, 3.8) is 0 Å². The summed E-state index contributed by atoms with van der Waals surface area (Å²) in [5.41, 5.74) is 2.68. The van der Waals surface area contributed by atoms with Crippen molar-refractivity contribution in [1.82, 2.24) is 4.90 Å². The summed E-state index contributed by atoms with van der Waals surface area (Å²) in [6.07, 6.45) is 2.88. The maximum Gasteiger partial charge on any atom is 0.308 e. The molecule has 7 nitrogen and oxygen atoms in total. The number of likely N-dealkylation sites (tertiary alicyclic amines) is 1. The number of carboxylic acids is 1. The van der Waals surface area contributed by atoms with Crippen LogP contribution in [0.1, 0.15) is 37.8 Å². The van der Waals surface area contributed by atoms with E-state index in [-0.39, 0.29) is 25.0 Å². The summed E-state index contributed by atoms with van der Waals surface area (Å²) >= 11 is 1.50. The number of carboxylic acid groups (broad SMARTS) is 1. The first-order chi connectivity index (χ1) is 15.5. The zero-order chi connectivity index (χ0) is 24.3. The van der Waals surface area contributed by atoms with Crippen LogP contribution in [-0.2, 0) is 14.4 Å². The maximum atomic E-state index is 14.3. The molecule has 2 bridgehead atoms. The van der Waals surface area contributed by atoms with Gasteiger partial charge in [0.1, 0.15) is 6.04 Å². The van der Waals surface area contributed by atoms with Crippen LogP contribution in [0.25, 0.3) is 0 Å². The molecule has 1 aromatic rings. The Bertz CT molecular complexity index is 1030. The Kier molecular flexibility index (Phi) is 5.90. The van der Waals surface area contributed by atoms with Gasteiger partial charge in [0.25, 0.3) is 5.91 Å². The summed E-state index contributed by atoms with van der Waals surface area (Å²) in [6.45, 7) is 11.3. The van der Waals surface area contributed by atoms with E-state index in [1.54, 1.807) is 17.9 Å². The Morgan fingerprint density at radius 1 is 1.36 bits per heavy atom. The van der Waals surface area contributed by atoms with Gasteiger partial charge in [0.15, 0.2) is 0 Å². The van der Waals surface area contributed by atoms with Crippen LogP contribution in [0.4, 0.5) is 5.69 Å². The molecule has 178 valence electrons. The fourth-order valence-electron chi connectivity index (χ4n) is 6.18. The first kappa shape index (κ1) is 23.8. The van der Waals surface area contributed by atoms with Crippen molar-refractivity contribution in [3.8, 4) is 0 Å². The van der Waals surface area contributed by atoms with Crippen molar-refractivity contribution in [2.24, 2.45) is 11.8 Å². The Morgan fingerprint density at radius 2 is 2.06 bits per heavy atom. The van der Waals surface area contributed by atoms with Crippen LogP contribution < -0.4 is 4.90 Å². The predicted molar refractivity (Wildman–Crippen MR) is 128 cm³/mol. The molecule has 3 fully saturated rings. The molecule has 2 unspecified atom stereocenters. The summed E-state index contributed by atoms with van der Waals surface area (Å²) in [5.74, 6) is -3.22. The molecule has 1 spiro atoms. The average molecular weight is 473 g/mol. The Labute approximate surface area is 198 Å². The number of nitrogens with zero attached hydrogens (tertiary/aromatic N) is 2. The molecule has 6 atom stereocenters. The maximum absolute atomic E-state index is 14.3. The van der Waals surface area contributed by atoms with Gasteiger partial charge in [-0.05, 0) is 57.7 Å². The first-order valence-electron chi connectivity index (χ1n) is 11.4. The van der Waals surface area contributed by atoms with E-state index in [1.807, 2.05) is 39.0 Å². The van der Waals surface area contributed by atoms with Crippen molar-refractivity contribution in [1.29, 1.82) is 0 Å². The number of anilines is 1. The number of carbonyl (C=O) groups excluding carboxylic acids is 2.